The van der Waals surface area contributed by atoms with Crippen molar-refractivity contribution in [3.05, 3.63) is 60.8 Å². The highest BCUT2D eigenvalue weighted by atomic mass is 16.7. The Morgan fingerprint density at radius 2 is 0.822 bits per heavy atom. The van der Waals surface area contributed by atoms with E-state index in [4.69, 9.17) is 9.47 Å². The summed E-state index contributed by atoms with van der Waals surface area (Å²) in [5.41, 5.74) is 0. The van der Waals surface area contributed by atoms with Crippen LogP contribution in [0.25, 0.3) is 0 Å². The number of aliphatic hydroxyl groups is 5. The number of rotatable bonds is 53. The lowest BCUT2D eigenvalue weighted by atomic mass is 9.99. The molecule has 1 amide bonds. The molecule has 1 aliphatic heterocycles. The largest absolute Gasteiger partial charge is 0.394 e. The summed E-state index contributed by atoms with van der Waals surface area (Å²) in [5.74, 6) is -0.190. The highest BCUT2D eigenvalue weighted by molar-refractivity contribution is 5.76. The second kappa shape index (κ2) is 53.3. The van der Waals surface area contributed by atoms with Crippen LogP contribution in [0, 0.1) is 0 Å². The highest BCUT2D eigenvalue weighted by Gasteiger charge is 2.44. The predicted octanol–water partition coefficient (Wildman–Crippen LogP) is 15.9. The maximum Gasteiger partial charge on any atom is 0.220 e. The predicted molar refractivity (Wildman–Crippen MR) is 309 cm³/mol. The van der Waals surface area contributed by atoms with Gasteiger partial charge in [0.2, 0.25) is 5.91 Å². The lowest BCUT2D eigenvalue weighted by Gasteiger charge is -2.40. The van der Waals surface area contributed by atoms with Crippen LogP contribution in [0.3, 0.4) is 0 Å². The number of carbonyl (C=O) groups is 1. The van der Waals surface area contributed by atoms with E-state index in [1.54, 1.807) is 6.08 Å². The fourth-order valence-electron chi connectivity index (χ4n) is 9.63. The van der Waals surface area contributed by atoms with Crippen LogP contribution in [0.1, 0.15) is 284 Å². The van der Waals surface area contributed by atoms with Gasteiger partial charge in [0.05, 0.1) is 25.4 Å². The minimum absolute atomic E-state index is 0.190. The normalized spacial score (nSPS) is 19.5. The van der Waals surface area contributed by atoms with Crippen LogP contribution >= 0.6 is 0 Å². The van der Waals surface area contributed by atoms with Crippen LogP contribution in [0.15, 0.2) is 60.8 Å². The second-order valence-corrected chi connectivity index (χ2v) is 21.5. The summed E-state index contributed by atoms with van der Waals surface area (Å²) >= 11 is 0. The van der Waals surface area contributed by atoms with E-state index >= 15 is 0 Å². The quantitative estimate of drug-likeness (QED) is 0.0261. The van der Waals surface area contributed by atoms with Gasteiger partial charge in [-0.15, -0.1) is 0 Å². The van der Waals surface area contributed by atoms with Crippen molar-refractivity contribution in [3.63, 3.8) is 0 Å². The van der Waals surface area contributed by atoms with Crippen molar-refractivity contribution in [1.29, 1.82) is 0 Å². The molecule has 0 saturated carbocycles. The number of hydrogen-bond acceptors (Lipinski definition) is 8. The highest BCUT2D eigenvalue weighted by Crippen LogP contribution is 2.23. The van der Waals surface area contributed by atoms with Gasteiger partial charge in [0.1, 0.15) is 24.4 Å². The summed E-state index contributed by atoms with van der Waals surface area (Å²) in [6.45, 7) is 3.74. The van der Waals surface area contributed by atoms with Crippen LogP contribution in [0.5, 0.6) is 0 Å². The molecular formula is C64H117NO8. The van der Waals surface area contributed by atoms with Gasteiger partial charge in [-0.05, 0) is 77.0 Å². The zero-order valence-corrected chi connectivity index (χ0v) is 47.4. The summed E-state index contributed by atoms with van der Waals surface area (Å²) in [4.78, 5) is 13.0. The molecule has 9 nitrogen and oxygen atoms in total. The number of ether oxygens (including phenoxy) is 2. The number of unbranched alkanes of at least 4 members (excludes halogenated alkanes) is 35. The van der Waals surface area contributed by atoms with Gasteiger partial charge in [0.25, 0.3) is 0 Å². The Labute approximate surface area is 449 Å². The summed E-state index contributed by atoms with van der Waals surface area (Å²) in [5, 5.41) is 54.4. The molecule has 1 fully saturated rings. The molecule has 0 aromatic rings. The lowest BCUT2D eigenvalue weighted by molar-refractivity contribution is -0.302. The molecule has 426 valence electrons. The fourth-order valence-corrected chi connectivity index (χ4v) is 9.63. The summed E-state index contributed by atoms with van der Waals surface area (Å²) in [6.07, 6.45) is 66.2. The summed E-state index contributed by atoms with van der Waals surface area (Å²) < 4.78 is 11.2. The number of allylic oxidation sites excluding steroid dienone is 9. The number of nitrogens with one attached hydrogen (secondary N) is 1. The van der Waals surface area contributed by atoms with E-state index < -0.39 is 49.5 Å². The van der Waals surface area contributed by atoms with Crippen molar-refractivity contribution in [3.8, 4) is 0 Å². The number of carbonyl (C=O) groups excluding carboxylic acids is 1. The molecule has 0 radical (unpaired) electrons. The van der Waals surface area contributed by atoms with Gasteiger partial charge in [-0.25, -0.2) is 0 Å². The van der Waals surface area contributed by atoms with Gasteiger partial charge in [0, 0.05) is 6.42 Å². The fraction of sp³-hybridized carbons (Fsp3) is 0.828. The third-order valence-electron chi connectivity index (χ3n) is 14.5. The maximum atomic E-state index is 13.0. The van der Waals surface area contributed by atoms with Crippen LogP contribution in [0.2, 0.25) is 0 Å². The Morgan fingerprint density at radius 3 is 1.26 bits per heavy atom. The van der Waals surface area contributed by atoms with E-state index in [-0.39, 0.29) is 12.5 Å². The van der Waals surface area contributed by atoms with E-state index in [1.165, 1.54) is 205 Å². The van der Waals surface area contributed by atoms with Crippen LogP contribution in [0.4, 0.5) is 0 Å². The Bertz CT molecular complexity index is 1330. The van der Waals surface area contributed by atoms with Gasteiger partial charge >= 0.3 is 0 Å². The third kappa shape index (κ3) is 42.7. The zero-order chi connectivity index (χ0) is 52.9. The first-order valence-corrected chi connectivity index (χ1v) is 31.0. The molecule has 0 aliphatic carbocycles. The SMILES string of the molecule is CCCCC/C=C/CC/C=C/CC/C=C/C(O)C(COC1OC(CO)C(O)C(O)C1O)NC(=O)CCCCCCCCCCCCCCCCCCC/C=C\C/C=C\CCCCCCCCCCCCCCC. The topological polar surface area (TPSA) is 149 Å². The number of amides is 1. The van der Waals surface area contributed by atoms with E-state index in [9.17, 15) is 30.3 Å². The van der Waals surface area contributed by atoms with Crippen LogP contribution in [-0.2, 0) is 14.3 Å². The molecule has 0 aromatic carbocycles. The molecule has 73 heavy (non-hydrogen) atoms. The second-order valence-electron chi connectivity index (χ2n) is 21.5. The van der Waals surface area contributed by atoms with Crippen molar-refractivity contribution in [2.75, 3.05) is 13.2 Å². The molecular weight excluding hydrogens is 911 g/mol. The third-order valence-corrected chi connectivity index (χ3v) is 14.5. The molecule has 0 spiro atoms. The molecule has 7 unspecified atom stereocenters. The first-order chi connectivity index (χ1) is 35.8. The van der Waals surface area contributed by atoms with Crippen LogP contribution in [-0.4, -0.2) is 87.5 Å². The van der Waals surface area contributed by atoms with Crippen molar-refractivity contribution < 1.29 is 39.8 Å². The van der Waals surface area contributed by atoms with E-state index in [0.717, 1.165) is 57.8 Å². The van der Waals surface area contributed by atoms with Crippen molar-refractivity contribution in [2.24, 2.45) is 0 Å². The first-order valence-electron chi connectivity index (χ1n) is 31.0. The van der Waals surface area contributed by atoms with Gasteiger partial charge in [-0.3, -0.25) is 4.79 Å². The first kappa shape index (κ1) is 68.9. The molecule has 7 atom stereocenters. The van der Waals surface area contributed by atoms with E-state index in [1.807, 2.05) is 6.08 Å². The summed E-state index contributed by atoms with van der Waals surface area (Å²) in [6, 6.07) is -0.829. The molecule has 1 heterocycles. The molecule has 9 heteroatoms. The van der Waals surface area contributed by atoms with Crippen molar-refractivity contribution in [2.45, 2.75) is 326 Å². The molecule has 0 bridgehead atoms. The summed E-state index contributed by atoms with van der Waals surface area (Å²) in [7, 11) is 0. The Hall–Kier alpha value is -2.11. The van der Waals surface area contributed by atoms with Gasteiger partial charge in [0.15, 0.2) is 6.29 Å². The Kier molecular flexibility index (Phi) is 50.3. The molecule has 6 N–H and O–H groups in total. The lowest BCUT2D eigenvalue weighted by Crippen LogP contribution is -2.60. The van der Waals surface area contributed by atoms with Crippen molar-refractivity contribution >= 4 is 5.91 Å². The minimum atomic E-state index is -1.58. The molecule has 1 aliphatic rings. The average molecular weight is 1030 g/mol. The van der Waals surface area contributed by atoms with Crippen molar-refractivity contribution in [1.82, 2.24) is 5.32 Å². The van der Waals surface area contributed by atoms with E-state index in [2.05, 4.69) is 67.8 Å². The monoisotopic (exact) mass is 1030 g/mol. The molecule has 0 aromatic heterocycles. The maximum absolute atomic E-state index is 13.0. The van der Waals surface area contributed by atoms with E-state index in [0.29, 0.717) is 6.42 Å². The number of aliphatic hydroxyl groups excluding tert-OH is 5. The van der Waals surface area contributed by atoms with Gasteiger partial charge in [-0.1, -0.05) is 261 Å². The van der Waals surface area contributed by atoms with Crippen LogP contribution < -0.4 is 5.32 Å². The minimum Gasteiger partial charge on any atom is -0.394 e. The Balaban J connectivity index is 2.08. The zero-order valence-electron chi connectivity index (χ0n) is 47.4. The van der Waals surface area contributed by atoms with Gasteiger partial charge in [-0.2, -0.15) is 0 Å². The number of hydrogen-bond donors (Lipinski definition) is 6. The van der Waals surface area contributed by atoms with Gasteiger partial charge < -0.3 is 40.3 Å². The molecule has 1 rings (SSSR count). The smallest absolute Gasteiger partial charge is 0.220 e. The Morgan fingerprint density at radius 1 is 0.466 bits per heavy atom. The average Bonchev–Trinajstić information content (AvgIpc) is 3.39. The molecule has 1 saturated heterocycles. The standard InChI is InChI=1S/C64H117NO8/c1-3-5-7-9-11-13-15-17-18-19-20-21-22-23-24-25-26-27-28-29-30-31-32-33-34-35-36-37-38-39-40-42-44-46-48-50-52-54-60(68)65-57(56-72-64-63(71)62(70)61(69)59(55-66)73-64)58(67)53-51-49-47-45-43-41-16-14-12-10-8-6-4-2/h12,14,24-25,27-28,43,45,51,53,57-59,61-64,66-67,69-71H,3-11,13,15-23,26,29-42,44,46-50,52,54-56H2,1-2H3,(H,65,68)/b14-12+,25-24-,28-27-,45-43+,53-51+.